The molecule has 0 bridgehead atoms. The lowest BCUT2D eigenvalue weighted by Gasteiger charge is -2.15. The largest absolute Gasteiger partial charge is 0.389 e. The van der Waals surface area contributed by atoms with Crippen LogP contribution in [0.4, 0.5) is 13.2 Å². The van der Waals surface area contributed by atoms with Crippen LogP contribution < -0.4 is 0 Å². The summed E-state index contributed by atoms with van der Waals surface area (Å²) in [6.45, 7) is 0. The van der Waals surface area contributed by atoms with Crippen LogP contribution in [0.3, 0.4) is 0 Å². The first kappa shape index (κ1) is 9.31. The fourth-order valence-corrected chi connectivity index (χ4v) is 2.76. The Morgan fingerprint density at radius 2 is 1.77 bits per heavy atom. The summed E-state index contributed by atoms with van der Waals surface area (Å²) in [5.41, 5.74) is -0.951. The van der Waals surface area contributed by atoms with Gasteiger partial charge in [0.1, 0.15) is 0 Å². The number of halogens is 3. The molecule has 0 aromatic heterocycles. The highest BCUT2D eigenvalue weighted by Crippen LogP contribution is 2.63. The topological polar surface area (TPSA) is 20.2 Å². The molecule has 76 valence electrons. The van der Waals surface area contributed by atoms with E-state index in [1.807, 2.05) is 0 Å². The van der Waals surface area contributed by atoms with Crippen molar-refractivity contribution in [2.45, 2.75) is 43.9 Å². The fraction of sp³-hybridized carbons (Fsp3) is 1.00. The number of fused-ring (bicyclic) bond motifs is 1. The van der Waals surface area contributed by atoms with Crippen LogP contribution in [0.5, 0.6) is 0 Å². The van der Waals surface area contributed by atoms with Gasteiger partial charge in [0, 0.05) is 6.42 Å². The normalized spacial score (nSPS) is 43.4. The molecular weight excluding hydrogens is 181 g/mol. The number of hydrogen-bond acceptors (Lipinski definition) is 1. The Hall–Kier alpha value is -0.250. The zero-order chi connectivity index (χ0) is 9.69. The van der Waals surface area contributed by atoms with Crippen molar-refractivity contribution in [2.24, 2.45) is 11.8 Å². The Balaban J connectivity index is 1.84. The van der Waals surface area contributed by atoms with E-state index in [-0.39, 0.29) is 18.3 Å². The highest BCUT2D eigenvalue weighted by molar-refractivity contribution is 5.14. The maximum atomic E-state index is 11.9. The molecule has 13 heavy (non-hydrogen) atoms. The van der Waals surface area contributed by atoms with E-state index < -0.39 is 18.2 Å². The Morgan fingerprint density at radius 3 is 2.23 bits per heavy atom. The summed E-state index contributed by atoms with van der Waals surface area (Å²) in [4.78, 5) is 0. The van der Waals surface area contributed by atoms with Gasteiger partial charge in [0.2, 0.25) is 0 Å². The predicted octanol–water partition coefficient (Wildman–Crippen LogP) is 2.49. The predicted molar refractivity (Wildman–Crippen MR) is 41.1 cm³/mol. The summed E-state index contributed by atoms with van der Waals surface area (Å²) in [7, 11) is 0. The molecule has 0 amide bonds. The van der Waals surface area contributed by atoms with Crippen LogP contribution in [0.25, 0.3) is 0 Å². The maximum Gasteiger partial charge on any atom is 0.389 e. The van der Waals surface area contributed by atoms with Gasteiger partial charge in [0.05, 0.1) is 5.60 Å². The summed E-state index contributed by atoms with van der Waals surface area (Å²) in [5.74, 6) is 0.352. The molecule has 0 spiro atoms. The Kier molecular flexibility index (Phi) is 1.88. The van der Waals surface area contributed by atoms with Gasteiger partial charge in [-0.1, -0.05) is 6.42 Å². The van der Waals surface area contributed by atoms with Crippen molar-refractivity contribution in [3.05, 3.63) is 0 Å². The molecular formula is C9H13F3O. The minimum Gasteiger partial charge on any atom is -0.389 e. The van der Waals surface area contributed by atoms with Crippen LogP contribution in [-0.2, 0) is 0 Å². The van der Waals surface area contributed by atoms with Gasteiger partial charge in [0.15, 0.2) is 0 Å². The average Bonchev–Trinajstić information content (AvgIpc) is 2.50. The zero-order valence-electron chi connectivity index (χ0n) is 7.27. The summed E-state index contributed by atoms with van der Waals surface area (Å²) < 4.78 is 35.6. The highest BCUT2D eigenvalue weighted by atomic mass is 19.4. The standard InChI is InChI=1S/C9H13F3O/c10-9(11,12)5-4-8(13)6-2-1-3-7(6)8/h6-7,13H,1-5H2. The van der Waals surface area contributed by atoms with Crippen molar-refractivity contribution >= 4 is 0 Å². The first-order chi connectivity index (χ1) is 5.93. The van der Waals surface area contributed by atoms with E-state index in [2.05, 4.69) is 0 Å². The Morgan fingerprint density at radius 1 is 1.23 bits per heavy atom. The quantitative estimate of drug-likeness (QED) is 0.716. The van der Waals surface area contributed by atoms with Gasteiger partial charge < -0.3 is 5.11 Å². The molecule has 2 aliphatic rings. The van der Waals surface area contributed by atoms with Crippen LogP contribution in [0.2, 0.25) is 0 Å². The molecule has 0 aromatic carbocycles. The molecule has 2 rings (SSSR count). The van der Waals surface area contributed by atoms with Gasteiger partial charge in [-0.3, -0.25) is 0 Å². The molecule has 2 unspecified atom stereocenters. The monoisotopic (exact) mass is 194 g/mol. The van der Waals surface area contributed by atoms with Gasteiger partial charge in [-0.2, -0.15) is 13.2 Å². The zero-order valence-corrected chi connectivity index (χ0v) is 7.27. The molecule has 0 aromatic rings. The second-order valence-corrected chi connectivity index (χ2v) is 4.25. The van der Waals surface area contributed by atoms with Crippen LogP contribution in [-0.4, -0.2) is 16.9 Å². The van der Waals surface area contributed by atoms with E-state index in [1.54, 1.807) is 0 Å². The van der Waals surface area contributed by atoms with Crippen molar-refractivity contribution in [2.75, 3.05) is 0 Å². The summed E-state index contributed by atoms with van der Waals surface area (Å²) in [6, 6.07) is 0. The number of aliphatic hydroxyl groups is 1. The van der Waals surface area contributed by atoms with E-state index in [1.165, 1.54) is 0 Å². The van der Waals surface area contributed by atoms with Gasteiger partial charge >= 0.3 is 6.18 Å². The summed E-state index contributed by atoms with van der Waals surface area (Å²) in [6.07, 6.45) is -2.14. The molecule has 1 nitrogen and oxygen atoms in total. The van der Waals surface area contributed by atoms with Gasteiger partial charge in [-0.05, 0) is 31.1 Å². The van der Waals surface area contributed by atoms with Crippen molar-refractivity contribution in [1.82, 2.24) is 0 Å². The smallest absolute Gasteiger partial charge is 0.389 e. The van der Waals surface area contributed by atoms with E-state index in [0.29, 0.717) is 0 Å². The van der Waals surface area contributed by atoms with Crippen molar-refractivity contribution in [1.29, 1.82) is 0 Å². The van der Waals surface area contributed by atoms with Gasteiger partial charge in [0.25, 0.3) is 0 Å². The molecule has 1 N–H and O–H groups in total. The lowest BCUT2D eigenvalue weighted by molar-refractivity contribution is -0.142. The number of rotatable bonds is 2. The third-order valence-electron chi connectivity index (χ3n) is 3.50. The SMILES string of the molecule is OC1(CCC(F)(F)F)C2CCCC21. The minimum absolute atomic E-state index is 0.0914. The lowest BCUT2D eigenvalue weighted by Crippen LogP contribution is -2.20. The maximum absolute atomic E-state index is 11.9. The van der Waals surface area contributed by atoms with Crippen molar-refractivity contribution in [3.63, 3.8) is 0 Å². The van der Waals surface area contributed by atoms with E-state index >= 15 is 0 Å². The number of hydrogen-bond donors (Lipinski definition) is 1. The molecule has 0 radical (unpaired) electrons. The summed E-state index contributed by atoms with van der Waals surface area (Å²) in [5, 5.41) is 9.77. The average molecular weight is 194 g/mol. The minimum atomic E-state index is -4.12. The third-order valence-corrected chi connectivity index (χ3v) is 3.50. The van der Waals surface area contributed by atoms with E-state index in [4.69, 9.17) is 0 Å². The van der Waals surface area contributed by atoms with Crippen LogP contribution in [0.1, 0.15) is 32.1 Å². The van der Waals surface area contributed by atoms with Gasteiger partial charge in [-0.25, -0.2) is 0 Å². The molecule has 2 saturated carbocycles. The third kappa shape index (κ3) is 1.56. The molecule has 4 heteroatoms. The highest BCUT2D eigenvalue weighted by Gasteiger charge is 2.65. The van der Waals surface area contributed by atoms with Crippen molar-refractivity contribution < 1.29 is 18.3 Å². The number of alkyl halides is 3. The fourth-order valence-electron chi connectivity index (χ4n) is 2.76. The Bertz CT molecular complexity index is 201. The van der Waals surface area contributed by atoms with Crippen LogP contribution >= 0.6 is 0 Å². The van der Waals surface area contributed by atoms with Crippen molar-refractivity contribution in [3.8, 4) is 0 Å². The molecule has 2 fully saturated rings. The molecule has 0 aliphatic heterocycles. The lowest BCUT2D eigenvalue weighted by atomic mass is 10.0. The molecule has 0 saturated heterocycles. The van der Waals surface area contributed by atoms with Crippen LogP contribution in [0, 0.1) is 11.8 Å². The second kappa shape index (κ2) is 2.62. The molecule has 0 heterocycles. The second-order valence-electron chi connectivity index (χ2n) is 4.25. The first-order valence-corrected chi connectivity index (χ1v) is 4.72. The summed E-state index contributed by atoms with van der Waals surface area (Å²) >= 11 is 0. The van der Waals surface area contributed by atoms with E-state index in [9.17, 15) is 18.3 Å². The first-order valence-electron chi connectivity index (χ1n) is 4.72. The van der Waals surface area contributed by atoms with E-state index in [0.717, 1.165) is 19.3 Å². The van der Waals surface area contributed by atoms with Crippen LogP contribution in [0.15, 0.2) is 0 Å². The molecule has 2 atom stereocenters. The molecule has 2 aliphatic carbocycles. The Labute approximate surface area is 74.9 Å². The van der Waals surface area contributed by atoms with Gasteiger partial charge in [-0.15, -0.1) is 0 Å².